The van der Waals surface area contributed by atoms with E-state index in [0.29, 0.717) is 56.8 Å². The van der Waals surface area contributed by atoms with Crippen molar-refractivity contribution in [3.63, 3.8) is 0 Å². The summed E-state index contributed by atoms with van der Waals surface area (Å²) in [6.07, 6.45) is 0.728. The van der Waals surface area contributed by atoms with Gasteiger partial charge in [0.05, 0.1) is 42.6 Å². The molecular formula is C44H36Cl6N8O6. The van der Waals surface area contributed by atoms with Gasteiger partial charge in [-0.2, -0.15) is 20.5 Å². The van der Waals surface area contributed by atoms with Gasteiger partial charge in [-0.15, -0.1) is 0 Å². The molecule has 0 spiro atoms. The maximum absolute atomic E-state index is 13.6. The second-order valence-corrected chi connectivity index (χ2v) is 16.2. The van der Waals surface area contributed by atoms with E-state index in [9.17, 15) is 28.8 Å². The minimum Gasteiger partial charge on any atom is -0.323 e. The summed E-state index contributed by atoms with van der Waals surface area (Å²) in [6.45, 7) is 5.96. The van der Waals surface area contributed by atoms with E-state index in [1.54, 1.807) is 24.3 Å². The van der Waals surface area contributed by atoms with Gasteiger partial charge in [0, 0.05) is 21.4 Å². The first-order valence-corrected chi connectivity index (χ1v) is 21.4. The number of hydrogen-bond donors (Lipinski definition) is 4. The summed E-state index contributed by atoms with van der Waals surface area (Å²) in [7, 11) is 0. The van der Waals surface area contributed by atoms with Crippen LogP contribution < -0.4 is 21.3 Å². The second-order valence-electron chi connectivity index (χ2n) is 13.7. The number of nitrogens with zero attached hydrogens (tertiary/aromatic N) is 4. The van der Waals surface area contributed by atoms with Crippen LogP contribution in [0, 0.1) is 0 Å². The van der Waals surface area contributed by atoms with Crippen LogP contribution in [0.15, 0.2) is 105 Å². The average Bonchev–Trinajstić information content (AvgIpc) is 3.24. The van der Waals surface area contributed by atoms with Gasteiger partial charge in [0.2, 0.25) is 12.1 Å². The fraction of sp³-hybridized carbons (Fsp3) is 0.182. The van der Waals surface area contributed by atoms with Crippen LogP contribution in [0.1, 0.15) is 59.5 Å². The highest BCUT2D eigenvalue weighted by atomic mass is 35.5. The molecule has 5 aromatic rings. The van der Waals surface area contributed by atoms with Gasteiger partial charge in [0.25, 0.3) is 23.6 Å². The molecule has 20 heteroatoms. The molecule has 0 radical (unpaired) electrons. The molecule has 0 aliphatic carbocycles. The number of carbonyl (C=O) groups is 6. The third-order valence-corrected chi connectivity index (χ3v) is 11.1. The van der Waals surface area contributed by atoms with Crippen molar-refractivity contribution in [1.29, 1.82) is 0 Å². The van der Waals surface area contributed by atoms with Crippen LogP contribution in [0.3, 0.4) is 0 Å². The number of aryl methyl sites for hydroxylation is 2. The number of hydrogen-bond acceptors (Lipinski definition) is 10. The van der Waals surface area contributed by atoms with Crippen LogP contribution in [-0.2, 0) is 32.0 Å². The van der Waals surface area contributed by atoms with E-state index in [0.717, 1.165) is 0 Å². The van der Waals surface area contributed by atoms with Gasteiger partial charge in [-0.05, 0) is 111 Å². The number of nitrogens with one attached hydrogen (secondary N) is 4. The third-order valence-electron chi connectivity index (χ3n) is 9.24. The van der Waals surface area contributed by atoms with Gasteiger partial charge >= 0.3 is 0 Å². The molecule has 0 aliphatic heterocycles. The van der Waals surface area contributed by atoms with Gasteiger partial charge in [-0.1, -0.05) is 95.6 Å². The summed E-state index contributed by atoms with van der Waals surface area (Å²) >= 11 is 37.4. The van der Waals surface area contributed by atoms with Crippen molar-refractivity contribution in [2.45, 2.75) is 52.6 Å². The van der Waals surface area contributed by atoms with Gasteiger partial charge in [0.1, 0.15) is 11.4 Å². The normalized spacial score (nSPS) is 12.2. The third kappa shape index (κ3) is 12.3. The Kier molecular flexibility index (Phi) is 17.1. The smallest absolute Gasteiger partial charge is 0.258 e. The second kappa shape index (κ2) is 22.2. The van der Waals surface area contributed by atoms with Crippen molar-refractivity contribution in [2.75, 3.05) is 21.3 Å². The van der Waals surface area contributed by atoms with Gasteiger partial charge in [-0.3, -0.25) is 28.8 Å². The lowest BCUT2D eigenvalue weighted by molar-refractivity contribution is -0.127. The Morgan fingerprint density at radius 1 is 0.500 bits per heavy atom. The van der Waals surface area contributed by atoms with Crippen LogP contribution in [0.4, 0.5) is 34.1 Å². The summed E-state index contributed by atoms with van der Waals surface area (Å²) in [5, 5.41) is 27.9. The molecule has 330 valence electrons. The molecule has 5 aromatic carbocycles. The number of benzene rings is 5. The largest absolute Gasteiger partial charge is 0.323 e. The van der Waals surface area contributed by atoms with Crippen LogP contribution >= 0.6 is 69.6 Å². The van der Waals surface area contributed by atoms with Gasteiger partial charge in [0.15, 0.2) is 11.6 Å². The molecule has 64 heavy (non-hydrogen) atoms. The number of azo groups is 2. The Balaban J connectivity index is 1.31. The average molecular weight is 986 g/mol. The van der Waals surface area contributed by atoms with E-state index in [2.05, 4.69) is 41.7 Å². The number of ketones is 2. The molecule has 0 aromatic heterocycles. The van der Waals surface area contributed by atoms with Crippen molar-refractivity contribution in [2.24, 2.45) is 20.5 Å². The van der Waals surface area contributed by atoms with E-state index >= 15 is 0 Å². The monoisotopic (exact) mass is 982 g/mol. The molecule has 2 atom stereocenters. The standard InChI is InChI=1S/C44H36Cl6N8O6/c1-5-23-17-36(54-44(64)40(22(4)60)58-56-34-12-8-10-28(38(34)50)42(62)52-32-16-14-26(46)20-30(32)48)24(6-2)18-35(23)53-43(63)39(21(3)59)57-55-33-11-7-9-27(37(33)49)41(61)51-31-15-13-25(45)19-29(31)47/h7-20,39-40H,5-6H2,1-4H3,(H,51,61)(H,52,62)(H,53,63)(H,54,64). The van der Waals surface area contributed by atoms with Crippen molar-refractivity contribution in [3.05, 3.63) is 137 Å². The maximum atomic E-state index is 13.6. The zero-order valence-corrected chi connectivity index (χ0v) is 38.7. The SMILES string of the molecule is CCc1cc(NC(=O)C(N=Nc2cccc(C(=O)Nc3ccc(Cl)cc3Cl)c2Cl)C(C)=O)c(CC)cc1NC(=O)C(N=Nc1cccc(C(=O)Nc2ccc(Cl)cc2Cl)c1Cl)C(C)=O. The van der Waals surface area contributed by atoms with Crippen molar-refractivity contribution >= 4 is 139 Å². The first-order chi connectivity index (χ1) is 30.4. The molecule has 0 saturated carbocycles. The summed E-state index contributed by atoms with van der Waals surface area (Å²) < 4.78 is 0. The van der Waals surface area contributed by atoms with Crippen LogP contribution in [0.5, 0.6) is 0 Å². The molecule has 5 rings (SSSR count). The Hall–Kier alpha value is -5.74. The fourth-order valence-corrected chi connectivity index (χ4v) is 7.30. The lowest BCUT2D eigenvalue weighted by Crippen LogP contribution is -2.33. The summed E-state index contributed by atoms with van der Waals surface area (Å²) in [6, 6.07) is 17.9. The van der Waals surface area contributed by atoms with E-state index in [1.165, 1.54) is 74.5 Å². The van der Waals surface area contributed by atoms with Crippen LogP contribution in [-0.4, -0.2) is 47.3 Å². The molecule has 2 unspecified atom stereocenters. The molecule has 0 aliphatic rings. The quantitative estimate of drug-likeness (QED) is 0.0560. The Bertz CT molecular complexity index is 2560. The molecule has 4 N–H and O–H groups in total. The van der Waals surface area contributed by atoms with E-state index in [4.69, 9.17) is 69.6 Å². The van der Waals surface area contributed by atoms with Crippen LogP contribution in [0.25, 0.3) is 0 Å². The van der Waals surface area contributed by atoms with E-state index in [-0.39, 0.29) is 42.6 Å². The van der Waals surface area contributed by atoms with E-state index in [1.807, 2.05) is 13.8 Å². The highest BCUT2D eigenvalue weighted by molar-refractivity contribution is 6.39. The molecule has 0 saturated heterocycles. The predicted molar refractivity (Wildman–Crippen MR) is 252 cm³/mol. The Morgan fingerprint density at radius 2 is 0.875 bits per heavy atom. The first-order valence-electron chi connectivity index (χ1n) is 19.1. The molecule has 0 heterocycles. The van der Waals surface area contributed by atoms with Crippen molar-refractivity contribution in [1.82, 2.24) is 0 Å². The summed E-state index contributed by atoms with van der Waals surface area (Å²) in [4.78, 5) is 78.8. The first kappa shape index (κ1) is 49.3. The summed E-state index contributed by atoms with van der Waals surface area (Å²) in [5.41, 5.74) is 2.45. The predicted octanol–water partition coefficient (Wildman–Crippen LogP) is 12.6. The number of rotatable bonds is 16. The number of amides is 4. The minimum absolute atomic E-state index is 0.0154. The zero-order valence-electron chi connectivity index (χ0n) is 34.2. The van der Waals surface area contributed by atoms with Crippen LogP contribution in [0.2, 0.25) is 30.1 Å². The molecular weight excluding hydrogens is 949 g/mol. The lowest BCUT2D eigenvalue weighted by Gasteiger charge is -2.18. The Morgan fingerprint density at radius 3 is 1.20 bits per heavy atom. The topological polar surface area (TPSA) is 200 Å². The zero-order chi connectivity index (χ0) is 46.8. The van der Waals surface area contributed by atoms with Crippen molar-refractivity contribution < 1.29 is 28.8 Å². The lowest BCUT2D eigenvalue weighted by atomic mass is 10.0. The summed E-state index contributed by atoms with van der Waals surface area (Å²) in [5.74, 6) is -4.10. The molecule has 4 amide bonds. The number of Topliss-reactive ketones (excluding diaryl/α,β-unsaturated/α-hetero) is 2. The minimum atomic E-state index is -1.61. The molecule has 14 nitrogen and oxygen atoms in total. The number of anilines is 4. The van der Waals surface area contributed by atoms with E-state index < -0.39 is 47.3 Å². The highest BCUT2D eigenvalue weighted by Crippen LogP contribution is 2.34. The Labute approximate surface area is 397 Å². The van der Waals surface area contributed by atoms with Gasteiger partial charge in [-0.25, -0.2) is 0 Å². The number of carbonyl (C=O) groups excluding carboxylic acids is 6. The fourth-order valence-electron chi connectivity index (χ4n) is 5.89. The van der Waals surface area contributed by atoms with Gasteiger partial charge < -0.3 is 21.3 Å². The molecule has 0 fully saturated rings. The maximum Gasteiger partial charge on any atom is 0.258 e. The van der Waals surface area contributed by atoms with Crippen molar-refractivity contribution in [3.8, 4) is 0 Å². The number of halogens is 6. The molecule has 0 bridgehead atoms. The highest BCUT2D eigenvalue weighted by Gasteiger charge is 2.27.